The van der Waals surface area contributed by atoms with Crippen LogP contribution in [0, 0.1) is 20.8 Å². The quantitative estimate of drug-likeness (QED) is 0.844. The van der Waals surface area contributed by atoms with Crippen LogP contribution in [0.15, 0.2) is 36.4 Å². The highest BCUT2D eigenvalue weighted by Crippen LogP contribution is 2.45. The second-order valence-corrected chi connectivity index (χ2v) is 8.71. The number of ether oxygens (including phenoxy) is 1. The summed E-state index contributed by atoms with van der Waals surface area (Å²) in [6, 6.07) is 12.2. The molecule has 2 atom stereocenters. The fraction of sp³-hybridized carbons (Fsp3) is 0.500. The van der Waals surface area contributed by atoms with Crippen molar-refractivity contribution in [2.24, 2.45) is 0 Å². The van der Waals surface area contributed by atoms with E-state index in [4.69, 9.17) is 4.74 Å². The van der Waals surface area contributed by atoms with E-state index in [1.165, 1.54) is 16.7 Å². The first-order valence-corrected chi connectivity index (χ1v) is 10.3. The third kappa shape index (κ3) is 3.82. The summed E-state index contributed by atoms with van der Waals surface area (Å²) in [6.07, 6.45) is 1.46. The van der Waals surface area contributed by atoms with Gasteiger partial charge in [0.25, 0.3) is 0 Å². The summed E-state index contributed by atoms with van der Waals surface area (Å²) in [5.74, 6) is 0.843. The molecule has 2 aliphatic heterocycles. The van der Waals surface area contributed by atoms with E-state index in [2.05, 4.69) is 37.8 Å². The highest BCUT2D eigenvalue weighted by molar-refractivity contribution is 5.45. The molecule has 2 N–H and O–H groups in total. The minimum absolute atomic E-state index is 0.292. The molecule has 0 radical (unpaired) electrons. The van der Waals surface area contributed by atoms with Gasteiger partial charge in [-0.2, -0.15) is 0 Å². The van der Waals surface area contributed by atoms with Crippen LogP contribution in [0.4, 0.5) is 0 Å². The largest absolute Gasteiger partial charge is 0.487 e. The molecule has 0 unspecified atom stereocenters. The zero-order valence-corrected chi connectivity index (χ0v) is 17.1. The SMILES string of the molecule is Cc1ccc([C@H](O)CN2CCC3(CC2)C[C@@H](O)c2cc(C)c(C)cc2O3)cc1. The van der Waals surface area contributed by atoms with Gasteiger partial charge < -0.3 is 19.8 Å². The third-order valence-corrected chi connectivity index (χ3v) is 6.54. The first kappa shape index (κ1) is 19.4. The monoisotopic (exact) mass is 381 g/mol. The van der Waals surface area contributed by atoms with E-state index in [1.54, 1.807) is 0 Å². The fourth-order valence-electron chi connectivity index (χ4n) is 4.49. The molecular formula is C24H31NO3. The highest BCUT2D eigenvalue weighted by Gasteiger charge is 2.43. The Morgan fingerprint density at radius 3 is 2.39 bits per heavy atom. The van der Waals surface area contributed by atoms with Gasteiger partial charge in [0, 0.05) is 31.6 Å². The van der Waals surface area contributed by atoms with E-state index >= 15 is 0 Å². The van der Waals surface area contributed by atoms with Crippen molar-refractivity contribution in [1.29, 1.82) is 0 Å². The first-order valence-electron chi connectivity index (χ1n) is 10.3. The Labute approximate surface area is 167 Å². The lowest BCUT2D eigenvalue weighted by Crippen LogP contribution is -2.51. The molecule has 4 nitrogen and oxygen atoms in total. The number of piperidine rings is 1. The molecule has 28 heavy (non-hydrogen) atoms. The lowest BCUT2D eigenvalue weighted by Gasteiger charge is -2.46. The van der Waals surface area contributed by atoms with Crippen LogP contribution in [0.5, 0.6) is 5.75 Å². The topological polar surface area (TPSA) is 52.9 Å². The number of aliphatic hydroxyl groups excluding tert-OH is 2. The number of likely N-dealkylation sites (tertiary alicyclic amines) is 1. The molecule has 4 rings (SSSR count). The van der Waals surface area contributed by atoms with E-state index < -0.39 is 12.2 Å². The molecule has 1 saturated heterocycles. The number of nitrogens with zero attached hydrogens (tertiary/aromatic N) is 1. The van der Waals surface area contributed by atoms with Crippen molar-refractivity contribution in [3.05, 3.63) is 64.2 Å². The number of aliphatic hydroxyl groups is 2. The van der Waals surface area contributed by atoms with Crippen LogP contribution in [0.3, 0.4) is 0 Å². The van der Waals surface area contributed by atoms with Gasteiger partial charge in [-0.05, 0) is 62.4 Å². The Hall–Kier alpha value is -1.88. The third-order valence-electron chi connectivity index (χ3n) is 6.54. The molecule has 0 aliphatic carbocycles. The maximum atomic E-state index is 10.7. The van der Waals surface area contributed by atoms with E-state index in [-0.39, 0.29) is 5.60 Å². The molecule has 1 spiro atoms. The number of aryl methyl sites for hydroxylation is 3. The van der Waals surface area contributed by atoms with Crippen molar-refractivity contribution in [3.63, 3.8) is 0 Å². The van der Waals surface area contributed by atoms with Crippen molar-refractivity contribution in [1.82, 2.24) is 4.90 Å². The summed E-state index contributed by atoms with van der Waals surface area (Å²) in [5.41, 5.74) is 5.19. The molecule has 0 saturated carbocycles. The Morgan fingerprint density at radius 1 is 1.07 bits per heavy atom. The van der Waals surface area contributed by atoms with Gasteiger partial charge >= 0.3 is 0 Å². The summed E-state index contributed by atoms with van der Waals surface area (Å²) in [5, 5.41) is 21.3. The van der Waals surface area contributed by atoms with Gasteiger partial charge in [0.15, 0.2) is 0 Å². The number of fused-ring (bicyclic) bond motifs is 1. The van der Waals surface area contributed by atoms with Crippen LogP contribution in [-0.4, -0.2) is 40.3 Å². The van der Waals surface area contributed by atoms with Gasteiger partial charge in [-0.15, -0.1) is 0 Å². The van der Waals surface area contributed by atoms with Gasteiger partial charge in [-0.3, -0.25) is 0 Å². The van der Waals surface area contributed by atoms with E-state index in [0.29, 0.717) is 13.0 Å². The summed E-state index contributed by atoms with van der Waals surface area (Å²) >= 11 is 0. The number of hydrogen-bond acceptors (Lipinski definition) is 4. The number of hydrogen-bond donors (Lipinski definition) is 2. The minimum atomic E-state index is -0.473. The van der Waals surface area contributed by atoms with Crippen molar-refractivity contribution >= 4 is 0 Å². The zero-order valence-electron chi connectivity index (χ0n) is 17.1. The Morgan fingerprint density at radius 2 is 1.71 bits per heavy atom. The second-order valence-electron chi connectivity index (χ2n) is 8.71. The molecule has 2 aromatic carbocycles. The highest BCUT2D eigenvalue weighted by atomic mass is 16.5. The molecule has 0 amide bonds. The maximum Gasteiger partial charge on any atom is 0.126 e. The van der Waals surface area contributed by atoms with Crippen molar-refractivity contribution in [3.8, 4) is 5.75 Å². The van der Waals surface area contributed by atoms with Gasteiger partial charge in [0.1, 0.15) is 11.4 Å². The average molecular weight is 382 g/mol. The molecule has 0 aromatic heterocycles. The van der Waals surface area contributed by atoms with Gasteiger partial charge in [-0.25, -0.2) is 0 Å². The molecule has 0 bridgehead atoms. The number of rotatable bonds is 3. The van der Waals surface area contributed by atoms with Crippen LogP contribution >= 0.6 is 0 Å². The number of benzene rings is 2. The predicted molar refractivity (Wildman–Crippen MR) is 111 cm³/mol. The fourth-order valence-corrected chi connectivity index (χ4v) is 4.49. The van der Waals surface area contributed by atoms with E-state index in [1.807, 2.05) is 24.3 Å². The maximum absolute atomic E-state index is 10.7. The molecule has 1 fully saturated rings. The first-order chi connectivity index (χ1) is 13.3. The molecule has 2 aliphatic rings. The molecule has 4 heteroatoms. The van der Waals surface area contributed by atoms with Crippen molar-refractivity contribution in [2.75, 3.05) is 19.6 Å². The average Bonchev–Trinajstić information content (AvgIpc) is 2.66. The van der Waals surface area contributed by atoms with Crippen molar-refractivity contribution < 1.29 is 14.9 Å². The Kier molecular flexibility index (Phi) is 5.21. The second kappa shape index (κ2) is 7.51. The predicted octanol–water partition coefficient (Wildman–Crippen LogP) is 4.00. The molecular weight excluding hydrogens is 350 g/mol. The summed E-state index contributed by atoms with van der Waals surface area (Å²) in [6.45, 7) is 8.59. The van der Waals surface area contributed by atoms with Crippen LogP contribution in [0.1, 0.15) is 59.3 Å². The van der Waals surface area contributed by atoms with Gasteiger partial charge in [0.2, 0.25) is 0 Å². The van der Waals surface area contributed by atoms with Crippen LogP contribution in [0.2, 0.25) is 0 Å². The normalized spacial score (nSPS) is 22.5. The Balaban J connectivity index is 1.41. The summed E-state index contributed by atoms with van der Waals surface area (Å²) < 4.78 is 6.47. The summed E-state index contributed by atoms with van der Waals surface area (Å²) in [4.78, 5) is 2.31. The molecule has 2 aromatic rings. The lowest BCUT2D eigenvalue weighted by molar-refractivity contribution is -0.0588. The van der Waals surface area contributed by atoms with Crippen LogP contribution in [-0.2, 0) is 0 Å². The standard InChI is InChI=1S/C24H31NO3/c1-16-4-6-19(7-5-16)22(27)15-25-10-8-24(9-11-25)14-21(26)20-12-17(2)18(3)13-23(20)28-24/h4-7,12-13,21-22,26-27H,8-11,14-15H2,1-3H3/t21-,22-/m1/s1. The molecule has 2 heterocycles. The smallest absolute Gasteiger partial charge is 0.126 e. The lowest BCUT2D eigenvalue weighted by atomic mass is 9.81. The van der Waals surface area contributed by atoms with Crippen LogP contribution in [0.25, 0.3) is 0 Å². The Bertz CT molecular complexity index is 838. The minimum Gasteiger partial charge on any atom is -0.487 e. The van der Waals surface area contributed by atoms with Gasteiger partial charge in [0.05, 0.1) is 12.2 Å². The van der Waals surface area contributed by atoms with E-state index in [0.717, 1.165) is 42.8 Å². The summed E-state index contributed by atoms with van der Waals surface area (Å²) in [7, 11) is 0. The zero-order chi connectivity index (χ0) is 19.9. The van der Waals surface area contributed by atoms with Crippen LogP contribution < -0.4 is 4.74 Å². The molecule has 150 valence electrons. The number of β-amino-alcohol motifs (C(OH)–C–C–N with tert-alkyl or cyclic N) is 1. The van der Waals surface area contributed by atoms with Gasteiger partial charge in [-0.1, -0.05) is 29.8 Å². The van der Waals surface area contributed by atoms with Crippen molar-refractivity contribution in [2.45, 2.75) is 57.8 Å². The van der Waals surface area contributed by atoms with E-state index in [9.17, 15) is 10.2 Å².